The SMILES string of the molecule is N#Cc1ccc(C=CC(=O)Nc2ccc3c(c2)OCO3)cc1. The standard InChI is InChI=1S/C17H12N2O3/c18-10-13-3-1-12(2-4-13)5-8-17(20)19-14-6-7-15-16(9-14)22-11-21-15/h1-9H,11H2,(H,19,20). The Kier molecular flexibility index (Phi) is 3.75. The van der Waals surface area contributed by atoms with Crippen LogP contribution < -0.4 is 14.8 Å². The molecular formula is C17H12N2O3. The van der Waals surface area contributed by atoms with Crippen LogP contribution in [0.25, 0.3) is 6.08 Å². The Bertz CT molecular complexity index is 773. The number of rotatable bonds is 3. The fourth-order valence-electron chi connectivity index (χ4n) is 2.00. The molecule has 3 rings (SSSR count). The highest BCUT2D eigenvalue weighted by Crippen LogP contribution is 2.34. The van der Waals surface area contributed by atoms with Crippen molar-refractivity contribution in [2.24, 2.45) is 0 Å². The highest BCUT2D eigenvalue weighted by molar-refractivity contribution is 6.02. The van der Waals surface area contributed by atoms with E-state index in [1.165, 1.54) is 6.08 Å². The maximum absolute atomic E-state index is 11.9. The van der Waals surface area contributed by atoms with E-state index < -0.39 is 0 Å². The van der Waals surface area contributed by atoms with Crippen molar-refractivity contribution < 1.29 is 14.3 Å². The van der Waals surface area contributed by atoms with Gasteiger partial charge in [0.1, 0.15) is 0 Å². The quantitative estimate of drug-likeness (QED) is 0.883. The molecule has 0 bridgehead atoms. The van der Waals surface area contributed by atoms with Gasteiger partial charge < -0.3 is 14.8 Å². The van der Waals surface area contributed by atoms with Crippen LogP contribution in [0.15, 0.2) is 48.5 Å². The van der Waals surface area contributed by atoms with Gasteiger partial charge in [0.2, 0.25) is 12.7 Å². The zero-order valence-electron chi connectivity index (χ0n) is 11.6. The van der Waals surface area contributed by atoms with Crippen LogP contribution in [0.5, 0.6) is 11.5 Å². The van der Waals surface area contributed by atoms with Gasteiger partial charge in [-0.05, 0) is 35.9 Å². The second-order valence-corrected chi connectivity index (χ2v) is 4.62. The lowest BCUT2D eigenvalue weighted by Crippen LogP contribution is -2.07. The minimum absolute atomic E-state index is 0.200. The molecule has 0 fully saturated rings. The molecule has 0 aromatic heterocycles. The first-order valence-electron chi connectivity index (χ1n) is 6.63. The van der Waals surface area contributed by atoms with Gasteiger partial charge in [-0.2, -0.15) is 5.26 Å². The molecule has 1 aliphatic rings. The van der Waals surface area contributed by atoms with Crippen LogP contribution in [0.4, 0.5) is 5.69 Å². The third-order valence-electron chi connectivity index (χ3n) is 3.11. The molecule has 2 aromatic carbocycles. The predicted molar refractivity (Wildman–Crippen MR) is 81.4 cm³/mol. The van der Waals surface area contributed by atoms with Gasteiger partial charge in [-0.25, -0.2) is 0 Å². The normalized spacial score (nSPS) is 12.1. The van der Waals surface area contributed by atoms with E-state index in [2.05, 4.69) is 5.32 Å². The minimum atomic E-state index is -0.247. The summed E-state index contributed by atoms with van der Waals surface area (Å²) in [6, 6.07) is 14.2. The molecule has 22 heavy (non-hydrogen) atoms. The molecule has 0 aliphatic carbocycles. The Hall–Kier alpha value is -3.26. The molecule has 0 radical (unpaired) electrons. The highest BCUT2D eigenvalue weighted by Gasteiger charge is 2.13. The van der Waals surface area contributed by atoms with E-state index in [9.17, 15) is 4.79 Å². The molecule has 1 heterocycles. The van der Waals surface area contributed by atoms with Crippen LogP contribution in [0.2, 0.25) is 0 Å². The van der Waals surface area contributed by atoms with Crippen LogP contribution >= 0.6 is 0 Å². The van der Waals surface area contributed by atoms with Crippen molar-refractivity contribution in [3.8, 4) is 17.6 Å². The number of benzene rings is 2. The monoisotopic (exact) mass is 292 g/mol. The Labute approximate surface area is 127 Å². The van der Waals surface area contributed by atoms with E-state index in [0.717, 1.165) is 5.56 Å². The van der Waals surface area contributed by atoms with Crippen LogP contribution in [0.1, 0.15) is 11.1 Å². The minimum Gasteiger partial charge on any atom is -0.454 e. The lowest BCUT2D eigenvalue weighted by atomic mass is 10.1. The lowest BCUT2D eigenvalue weighted by molar-refractivity contribution is -0.111. The van der Waals surface area contributed by atoms with Crippen molar-refractivity contribution in [2.75, 3.05) is 12.1 Å². The van der Waals surface area contributed by atoms with Gasteiger partial charge in [-0.1, -0.05) is 12.1 Å². The van der Waals surface area contributed by atoms with Crippen molar-refractivity contribution in [3.63, 3.8) is 0 Å². The highest BCUT2D eigenvalue weighted by atomic mass is 16.7. The summed E-state index contributed by atoms with van der Waals surface area (Å²) in [5.74, 6) is 1.04. The number of ether oxygens (including phenoxy) is 2. The molecule has 5 nitrogen and oxygen atoms in total. The van der Waals surface area contributed by atoms with Crippen molar-refractivity contribution in [2.45, 2.75) is 0 Å². The van der Waals surface area contributed by atoms with Crippen LogP contribution in [0, 0.1) is 11.3 Å². The van der Waals surface area contributed by atoms with E-state index in [-0.39, 0.29) is 12.7 Å². The van der Waals surface area contributed by atoms with Crippen molar-refractivity contribution >= 4 is 17.7 Å². The number of nitrogens with zero attached hydrogens (tertiary/aromatic N) is 1. The fourth-order valence-corrected chi connectivity index (χ4v) is 2.00. The number of fused-ring (bicyclic) bond motifs is 1. The van der Waals surface area contributed by atoms with Gasteiger partial charge in [-0.3, -0.25) is 4.79 Å². The largest absolute Gasteiger partial charge is 0.454 e. The lowest BCUT2D eigenvalue weighted by Gasteiger charge is -2.03. The summed E-state index contributed by atoms with van der Waals surface area (Å²) in [4.78, 5) is 11.9. The zero-order chi connectivity index (χ0) is 15.4. The molecule has 0 saturated carbocycles. The number of hydrogen-bond donors (Lipinski definition) is 1. The van der Waals surface area contributed by atoms with Crippen LogP contribution in [-0.2, 0) is 4.79 Å². The summed E-state index contributed by atoms with van der Waals surface area (Å²) in [5, 5.41) is 11.5. The Morgan fingerprint density at radius 1 is 1.14 bits per heavy atom. The smallest absolute Gasteiger partial charge is 0.248 e. The van der Waals surface area contributed by atoms with Gasteiger partial charge >= 0.3 is 0 Å². The predicted octanol–water partition coefficient (Wildman–Crippen LogP) is 2.94. The molecule has 1 amide bonds. The summed E-state index contributed by atoms with van der Waals surface area (Å²) in [6.45, 7) is 0.200. The number of carbonyl (C=O) groups is 1. The molecule has 108 valence electrons. The first-order chi connectivity index (χ1) is 10.7. The average molecular weight is 292 g/mol. The van der Waals surface area contributed by atoms with Gasteiger partial charge in [0, 0.05) is 17.8 Å². The maximum Gasteiger partial charge on any atom is 0.248 e. The van der Waals surface area contributed by atoms with Gasteiger partial charge in [-0.15, -0.1) is 0 Å². The number of anilines is 1. The van der Waals surface area contributed by atoms with Gasteiger partial charge in [0.05, 0.1) is 11.6 Å². The van der Waals surface area contributed by atoms with E-state index >= 15 is 0 Å². The summed E-state index contributed by atoms with van der Waals surface area (Å²) in [5.41, 5.74) is 2.07. The van der Waals surface area contributed by atoms with Crippen molar-refractivity contribution in [3.05, 3.63) is 59.7 Å². The van der Waals surface area contributed by atoms with Crippen molar-refractivity contribution in [1.82, 2.24) is 0 Å². The van der Waals surface area contributed by atoms with Gasteiger partial charge in [0.15, 0.2) is 11.5 Å². The average Bonchev–Trinajstić information content (AvgIpc) is 3.01. The third-order valence-corrected chi connectivity index (χ3v) is 3.11. The van der Waals surface area contributed by atoms with E-state index in [4.69, 9.17) is 14.7 Å². The molecule has 2 aromatic rings. The van der Waals surface area contributed by atoms with E-state index in [1.807, 2.05) is 6.07 Å². The molecule has 1 N–H and O–H groups in total. The third kappa shape index (κ3) is 3.07. The van der Waals surface area contributed by atoms with Gasteiger partial charge in [0.25, 0.3) is 0 Å². The van der Waals surface area contributed by atoms with Crippen LogP contribution in [0.3, 0.4) is 0 Å². The molecular weight excluding hydrogens is 280 g/mol. The Morgan fingerprint density at radius 3 is 2.68 bits per heavy atom. The molecule has 0 saturated heterocycles. The fraction of sp³-hybridized carbons (Fsp3) is 0.0588. The van der Waals surface area contributed by atoms with E-state index in [1.54, 1.807) is 48.5 Å². The molecule has 5 heteroatoms. The Balaban J connectivity index is 1.64. The van der Waals surface area contributed by atoms with Crippen molar-refractivity contribution in [1.29, 1.82) is 5.26 Å². The first kappa shape index (κ1) is 13.7. The van der Waals surface area contributed by atoms with Crippen LogP contribution in [-0.4, -0.2) is 12.7 Å². The summed E-state index contributed by atoms with van der Waals surface area (Å²) in [6.07, 6.45) is 3.12. The molecule has 0 atom stereocenters. The van der Waals surface area contributed by atoms with E-state index in [0.29, 0.717) is 22.7 Å². The Morgan fingerprint density at radius 2 is 1.91 bits per heavy atom. The summed E-state index contributed by atoms with van der Waals surface area (Å²) < 4.78 is 10.5. The molecule has 0 spiro atoms. The number of carbonyl (C=O) groups excluding carboxylic acids is 1. The first-order valence-corrected chi connectivity index (χ1v) is 6.63. The number of nitrogens with one attached hydrogen (secondary N) is 1. The summed E-state index contributed by atoms with van der Waals surface area (Å²) >= 11 is 0. The number of nitriles is 1. The second-order valence-electron chi connectivity index (χ2n) is 4.62. The molecule has 1 aliphatic heterocycles. The second kappa shape index (κ2) is 6.02. The number of amides is 1. The number of hydrogen-bond acceptors (Lipinski definition) is 4. The maximum atomic E-state index is 11.9. The summed E-state index contributed by atoms with van der Waals surface area (Å²) in [7, 11) is 0. The zero-order valence-corrected chi connectivity index (χ0v) is 11.6. The molecule has 0 unspecified atom stereocenters. The topological polar surface area (TPSA) is 71.4 Å².